The minimum Gasteiger partial charge on any atom is -0.352 e. The Labute approximate surface area is 158 Å². The zero-order valence-electron chi connectivity index (χ0n) is 14.1. The van der Waals surface area contributed by atoms with Gasteiger partial charge >= 0.3 is 0 Å². The Kier molecular flexibility index (Phi) is 5.90. The van der Waals surface area contributed by atoms with Crippen LogP contribution in [0.5, 0.6) is 0 Å². The third-order valence-electron chi connectivity index (χ3n) is 4.50. The van der Waals surface area contributed by atoms with Crippen LogP contribution in [-0.4, -0.2) is 43.2 Å². The number of carbonyl (C=O) groups excluding carboxylic acids is 1. The number of hydrogen-bond acceptors (Lipinski definition) is 4. The van der Waals surface area contributed by atoms with Crippen molar-refractivity contribution in [1.82, 2.24) is 14.6 Å². The lowest BCUT2D eigenvalue weighted by molar-refractivity contribution is 0.0941. The van der Waals surface area contributed by atoms with Gasteiger partial charge in [0.05, 0.1) is 10.5 Å². The van der Waals surface area contributed by atoms with Crippen molar-refractivity contribution in [2.75, 3.05) is 19.6 Å². The lowest BCUT2D eigenvalue weighted by atomic mass is 9.98. The fraction of sp³-hybridized carbons (Fsp3) is 0.333. The number of piperidine rings is 1. The summed E-state index contributed by atoms with van der Waals surface area (Å²) >= 11 is 5.71. The summed E-state index contributed by atoms with van der Waals surface area (Å²) in [5.74, 6) is 0.0509. The molecular formula is C18H20ClN3O3S. The van der Waals surface area contributed by atoms with Crippen molar-refractivity contribution >= 4 is 27.5 Å². The predicted molar refractivity (Wildman–Crippen MR) is 99.5 cm³/mol. The van der Waals surface area contributed by atoms with E-state index < -0.39 is 10.0 Å². The van der Waals surface area contributed by atoms with Gasteiger partial charge in [0.15, 0.2) is 0 Å². The summed E-state index contributed by atoms with van der Waals surface area (Å²) in [6, 6.07) is 11.7. The molecule has 0 aliphatic carbocycles. The molecule has 0 unspecified atom stereocenters. The molecule has 0 atom stereocenters. The van der Waals surface area contributed by atoms with Gasteiger partial charge in [0.25, 0.3) is 5.91 Å². The molecule has 2 aromatic rings. The molecular weight excluding hydrogens is 374 g/mol. The minimum absolute atomic E-state index is 0.200. The molecule has 138 valence electrons. The Hall–Kier alpha value is -1.96. The first-order chi connectivity index (χ1) is 12.5. The number of amides is 1. The van der Waals surface area contributed by atoms with Crippen LogP contribution in [0.1, 0.15) is 23.2 Å². The number of rotatable bonds is 5. The number of halogens is 1. The van der Waals surface area contributed by atoms with Crippen molar-refractivity contribution in [2.24, 2.45) is 5.92 Å². The number of carbonyl (C=O) groups is 1. The molecule has 1 amide bonds. The Balaban J connectivity index is 1.51. The van der Waals surface area contributed by atoms with E-state index in [-0.39, 0.29) is 11.8 Å². The molecule has 2 heterocycles. The molecule has 3 rings (SSSR count). The number of sulfonamides is 1. The largest absolute Gasteiger partial charge is 0.352 e. The van der Waals surface area contributed by atoms with Gasteiger partial charge in [0.2, 0.25) is 10.0 Å². The van der Waals surface area contributed by atoms with Gasteiger partial charge in [-0.05, 0) is 43.0 Å². The van der Waals surface area contributed by atoms with E-state index >= 15 is 0 Å². The van der Waals surface area contributed by atoms with Gasteiger partial charge in [-0.15, -0.1) is 0 Å². The standard InChI is InChI=1S/C18H20ClN3O3S/c19-17-7-6-15(13-20-17)18(23)21-12-14-8-10-22(11-9-14)26(24,25)16-4-2-1-3-5-16/h1-7,13-14H,8-12H2,(H,21,23). The van der Waals surface area contributed by atoms with Gasteiger partial charge < -0.3 is 5.32 Å². The average molecular weight is 394 g/mol. The summed E-state index contributed by atoms with van der Waals surface area (Å²) < 4.78 is 26.7. The maximum Gasteiger partial charge on any atom is 0.252 e. The van der Waals surface area contributed by atoms with Gasteiger partial charge in [0.1, 0.15) is 5.15 Å². The van der Waals surface area contributed by atoms with Gasteiger partial charge in [-0.1, -0.05) is 29.8 Å². The highest BCUT2D eigenvalue weighted by molar-refractivity contribution is 7.89. The van der Waals surface area contributed by atoms with Crippen molar-refractivity contribution in [1.29, 1.82) is 0 Å². The minimum atomic E-state index is -3.44. The normalized spacial score (nSPS) is 16.3. The van der Waals surface area contributed by atoms with Crippen LogP contribution in [0.25, 0.3) is 0 Å². The molecule has 26 heavy (non-hydrogen) atoms. The van der Waals surface area contributed by atoms with Crippen LogP contribution in [0.15, 0.2) is 53.6 Å². The lowest BCUT2D eigenvalue weighted by Crippen LogP contribution is -2.41. The smallest absolute Gasteiger partial charge is 0.252 e. The van der Waals surface area contributed by atoms with Crippen LogP contribution >= 0.6 is 11.6 Å². The lowest BCUT2D eigenvalue weighted by Gasteiger charge is -2.31. The van der Waals surface area contributed by atoms with E-state index in [9.17, 15) is 13.2 Å². The summed E-state index contributed by atoms with van der Waals surface area (Å²) in [7, 11) is -3.44. The topological polar surface area (TPSA) is 79.4 Å². The fourth-order valence-corrected chi connectivity index (χ4v) is 4.55. The van der Waals surface area contributed by atoms with Gasteiger partial charge in [-0.25, -0.2) is 13.4 Å². The van der Waals surface area contributed by atoms with E-state index in [1.54, 1.807) is 42.5 Å². The Bertz CT molecular complexity index is 849. The monoisotopic (exact) mass is 393 g/mol. The van der Waals surface area contributed by atoms with Crippen LogP contribution in [0.3, 0.4) is 0 Å². The Morgan fingerprint density at radius 2 is 1.85 bits per heavy atom. The van der Waals surface area contributed by atoms with Gasteiger partial charge in [-0.2, -0.15) is 4.31 Å². The van der Waals surface area contributed by atoms with Gasteiger partial charge in [-0.3, -0.25) is 4.79 Å². The molecule has 0 radical (unpaired) electrons. The van der Waals surface area contributed by atoms with Crippen molar-refractivity contribution in [3.05, 3.63) is 59.4 Å². The Morgan fingerprint density at radius 1 is 1.15 bits per heavy atom. The molecule has 8 heteroatoms. The zero-order valence-corrected chi connectivity index (χ0v) is 15.7. The highest BCUT2D eigenvalue weighted by Crippen LogP contribution is 2.23. The van der Waals surface area contributed by atoms with E-state index in [1.165, 1.54) is 10.5 Å². The van der Waals surface area contributed by atoms with Gasteiger partial charge in [0, 0.05) is 25.8 Å². The van der Waals surface area contributed by atoms with E-state index in [0.29, 0.717) is 48.1 Å². The second kappa shape index (κ2) is 8.16. The van der Waals surface area contributed by atoms with Crippen LogP contribution in [0.4, 0.5) is 0 Å². The number of nitrogens with zero attached hydrogens (tertiary/aromatic N) is 2. The molecule has 1 N–H and O–H groups in total. The fourth-order valence-electron chi connectivity index (χ4n) is 2.94. The average Bonchev–Trinajstić information content (AvgIpc) is 2.67. The predicted octanol–water partition coefficient (Wildman–Crippen LogP) is 2.57. The molecule has 0 spiro atoms. The van der Waals surface area contributed by atoms with E-state index in [4.69, 9.17) is 11.6 Å². The van der Waals surface area contributed by atoms with Crippen LogP contribution in [-0.2, 0) is 10.0 Å². The molecule has 1 fully saturated rings. The number of pyridine rings is 1. The molecule has 1 aromatic heterocycles. The summed E-state index contributed by atoms with van der Waals surface area (Å²) in [6.45, 7) is 1.43. The van der Waals surface area contributed by atoms with Crippen molar-refractivity contribution < 1.29 is 13.2 Å². The number of benzene rings is 1. The SMILES string of the molecule is O=C(NCC1CCN(S(=O)(=O)c2ccccc2)CC1)c1ccc(Cl)nc1. The second-order valence-electron chi connectivity index (χ2n) is 6.24. The molecule has 6 nitrogen and oxygen atoms in total. The highest BCUT2D eigenvalue weighted by atomic mass is 35.5. The first-order valence-electron chi connectivity index (χ1n) is 8.42. The van der Waals surface area contributed by atoms with E-state index in [1.807, 2.05) is 0 Å². The third kappa shape index (κ3) is 4.41. The van der Waals surface area contributed by atoms with Crippen LogP contribution in [0.2, 0.25) is 5.15 Å². The molecule has 0 saturated carbocycles. The number of nitrogens with one attached hydrogen (secondary N) is 1. The molecule has 1 aliphatic heterocycles. The zero-order chi connectivity index (χ0) is 18.6. The van der Waals surface area contributed by atoms with E-state index in [0.717, 1.165) is 0 Å². The maximum absolute atomic E-state index is 12.6. The Morgan fingerprint density at radius 3 is 2.46 bits per heavy atom. The molecule has 1 aliphatic rings. The summed E-state index contributed by atoms with van der Waals surface area (Å²) in [5, 5.41) is 3.22. The van der Waals surface area contributed by atoms with Crippen molar-refractivity contribution in [2.45, 2.75) is 17.7 Å². The summed E-state index contributed by atoms with van der Waals surface area (Å²) in [4.78, 5) is 16.3. The first kappa shape index (κ1) is 18.8. The number of hydrogen-bond donors (Lipinski definition) is 1. The first-order valence-corrected chi connectivity index (χ1v) is 10.2. The number of aromatic nitrogens is 1. The second-order valence-corrected chi connectivity index (χ2v) is 8.57. The maximum atomic E-state index is 12.6. The van der Waals surface area contributed by atoms with E-state index in [2.05, 4.69) is 10.3 Å². The summed E-state index contributed by atoms with van der Waals surface area (Å²) in [5.41, 5.74) is 0.457. The van der Waals surface area contributed by atoms with Crippen molar-refractivity contribution in [3.63, 3.8) is 0 Å². The van der Waals surface area contributed by atoms with Crippen LogP contribution in [0, 0.1) is 5.92 Å². The molecule has 0 bridgehead atoms. The third-order valence-corrected chi connectivity index (χ3v) is 6.63. The molecule has 1 saturated heterocycles. The highest BCUT2D eigenvalue weighted by Gasteiger charge is 2.29. The quantitative estimate of drug-likeness (QED) is 0.792. The summed E-state index contributed by atoms with van der Waals surface area (Å²) in [6.07, 6.45) is 2.86. The van der Waals surface area contributed by atoms with Crippen LogP contribution < -0.4 is 5.32 Å². The van der Waals surface area contributed by atoms with Crippen molar-refractivity contribution in [3.8, 4) is 0 Å². The molecule has 1 aromatic carbocycles.